The van der Waals surface area contributed by atoms with Gasteiger partial charge in [0.25, 0.3) is 0 Å². The maximum Gasteiger partial charge on any atom is 0.214 e. The molecule has 0 aliphatic rings. The molecule has 1 aromatic heterocycles. The number of benzene rings is 2. The van der Waals surface area contributed by atoms with Crippen LogP contribution in [-0.2, 0) is 7.05 Å². The average Bonchev–Trinajstić information content (AvgIpc) is 2.33. The predicted octanol–water partition coefficient (Wildman–Crippen LogP) is -0.706. The minimum atomic E-state index is 0. The Morgan fingerprint density at radius 1 is 0.895 bits per heavy atom. The fraction of sp³-hybridized carbons (Fsp3) is 0.133. The zero-order valence-corrected chi connectivity index (χ0v) is 11.7. The lowest BCUT2D eigenvalue weighted by atomic mass is 10.1. The van der Waals surface area contributed by atoms with Gasteiger partial charge in [-0.25, -0.2) is 0 Å². The number of aromatic nitrogens is 1. The molecule has 0 saturated heterocycles. The number of aryl methyl sites for hydroxylation is 2. The van der Waals surface area contributed by atoms with Gasteiger partial charge in [0.1, 0.15) is 7.05 Å². The highest BCUT2D eigenvalue weighted by Gasteiger charge is 2.13. The molecule has 98 valence electrons. The molecule has 0 atom stereocenters. The molecule has 4 heteroatoms. The highest BCUT2D eigenvalue weighted by molar-refractivity contribution is 5.91. The molecule has 0 aliphatic heterocycles. The number of fused-ring (bicyclic) bond motifs is 2. The summed E-state index contributed by atoms with van der Waals surface area (Å²) >= 11 is 0. The third-order valence-corrected chi connectivity index (χ3v) is 3.50. The van der Waals surface area contributed by atoms with Crippen molar-refractivity contribution in [3.63, 3.8) is 0 Å². The van der Waals surface area contributed by atoms with Crippen LogP contribution in [0.5, 0.6) is 0 Å². The fourth-order valence-electron chi connectivity index (χ4n) is 2.41. The second-order valence-electron chi connectivity index (χ2n) is 4.79. The number of pyridine rings is 1. The van der Waals surface area contributed by atoms with Gasteiger partial charge in [-0.1, -0.05) is 0 Å². The van der Waals surface area contributed by atoms with Gasteiger partial charge in [0.15, 0.2) is 0 Å². The summed E-state index contributed by atoms with van der Waals surface area (Å²) < 4.78 is 2.14. The lowest BCUT2D eigenvalue weighted by Crippen LogP contribution is -3.00. The van der Waals surface area contributed by atoms with Crippen LogP contribution in [0.15, 0.2) is 36.4 Å². The standard InChI is InChI=1S/C15H15N3.ClH/c1-9-5-11-6-10-3-4-12(16)7-14(10)18(2)15(11)8-13(9)17;/h3-8H,1-2H3,(H3,16,17);1H. The first-order chi connectivity index (χ1) is 8.56. The second-order valence-corrected chi connectivity index (χ2v) is 4.79. The Kier molecular flexibility index (Phi) is 3.25. The van der Waals surface area contributed by atoms with Crippen molar-refractivity contribution in [2.45, 2.75) is 6.92 Å². The molecule has 0 unspecified atom stereocenters. The molecule has 0 bridgehead atoms. The average molecular weight is 274 g/mol. The zero-order chi connectivity index (χ0) is 12.9. The van der Waals surface area contributed by atoms with Gasteiger partial charge in [-0.3, -0.25) is 0 Å². The van der Waals surface area contributed by atoms with Crippen LogP contribution < -0.4 is 28.4 Å². The van der Waals surface area contributed by atoms with E-state index in [-0.39, 0.29) is 12.4 Å². The lowest BCUT2D eigenvalue weighted by Gasteiger charge is -2.05. The van der Waals surface area contributed by atoms with Crippen molar-refractivity contribution < 1.29 is 17.0 Å². The maximum absolute atomic E-state index is 5.99. The first-order valence-electron chi connectivity index (χ1n) is 5.94. The van der Waals surface area contributed by atoms with Gasteiger partial charge < -0.3 is 23.9 Å². The second kappa shape index (κ2) is 4.59. The van der Waals surface area contributed by atoms with E-state index in [1.807, 2.05) is 32.2 Å². The Morgan fingerprint density at radius 3 is 2.32 bits per heavy atom. The van der Waals surface area contributed by atoms with Crippen molar-refractivity contribution >= 4 is 33.2 Å². The number of nitrogens with two attached hydrogens (primary N) is 2. The van der Waals surface area contributed by atoms with Gasteiger partial charge in [0.2, 0.25) is 11.0 Å². The maximum atomic E-state index is 5.99. The molecule has 0 saturated carbocycles. The number of anilines is 2. The molecule has 3 aromatic rings. The number of nitrogen functional groups attached to an aromatic ring is 2. The summed E-state index contributed by atoms with van der Waals surface area (Å²) in [5.74, 6) is 0. The van der Waals surface area contributed by atoms with Crippen LogP contribution in [0.3, 0.4) is 0 Å². The monoisotopic (exact) mass is 273 g/mol. The van der Waals surface area contributed by atoms with E-state index in [4.69, 9.17) is 11.5 Å². The predicted molar refractivity (Wildman–Crippen MR) is 76.2 cm³/mol. The van der Waals surface area contributed by atoms with Crippen molar-refractivity contribution in [1.29, 1.82) is 0 Å². The highest BCUT2D eigenvalue weighted by Crippen LogP contribution is 2.23. The number of hydrogen-bond acceptors (Lipinski definition) is 2. The van der Waals surface area contributed by atoms with Crippen molar-refractivity contribution in [1.82, 2.24) is 0 Å². The summed E-state index contributed by atoms with van der Waals surface area (Å²) in [6.45, 7) is 2.03. The Labute approximate surface area is 118 Å². The molecule has 0 aliphatic carbocycles. The van der Waals surface area contributed by atoms with Gasteiger partial charge in [0.05, 0.1) is 0 Å². The van der Waals surface area contributed by atoms with Crippen LogP contribution in [0.25, 0.3) is 21.8 Å². The zero-order valence-electron chi connectivity index (χ0n) is 10.9. The summed E-state index contributed by atoms with van der Waals surface area (Å²) in [6, 6.07) is 12.3. The number of nitrogens with zero attached hydrogens (tertiary/aromatic N) is 1. The Bertz CT molecular complexity index is 781. The molecular weight excluding hydrogens is 258 g/mol. The SMILES string of the molecule is Cc1cc2cc3ccc(N)cc3[n+](C)c2cc1N.[Cl-]. The van der Waals surface area contributed by atoms with E-state index in [9.17, 15) is 0 Å². The van der Waals surface area contributed by atoms with E-state index >= 15 is 0 Å². The number of halogens is 1. The van der Waals surface area contributed by atoms with E-state index < -0.39 is 0 Å². The normalized spacial score (nSPS) is 10.6. The first-order valence-corrected chi connectivity index (χ1v) is 5.94. The van der Waals surface area contributed by atoms with Gasteiger partial charge >= 0.3 is 0 Å². The molecule has 3 nitrogen and oxygen atoms in total. The van der Waals surface area contributed by atoms with Crippen LogP contribution in [-0.4, -0.2) is 0 Å². The molecule has 2 aromatic carbocycles. The summed E-state index contributed by atoms with van der Waals surface area (Å²) in [7, 11) is 2.04. The van der Waals surface area contributed by atoms with Crippen LogP contribution in [0.1, 0.15) is 5.56 Å². The van der Waals surface area contributed by atoms with Gasteiger partial charge in [0, 0.05) is 34.3 Å². The Morgan fingerprint density at radius 2 is 1.58 bits per heavy atom. The first kappa shape index (κ1) is 13.4. The van der Waals surface area contributed by atoms with Crippen LogP contribution in [0.4, 0.5) is 11.4 Å². The summed E-state index contributed by atoms with van der Waals surface area (Å²) in [6.07, 6.45) is 0. The molecule has 4 N–H and O–H groups in total. The highest BCUT2D eigenvalue weighted by atomic mass is 35.5. The molecule has 0 radical (unpaired) electrons. The number of hydrogen-bond donors (Lipinski definition) is 2. The third kappa shape index (κ3) is 2.06. The smallest absolute Gasteiger partial charge is 0.214 e. The Hall–Kier alpha value is -2.00. The van der Waals surface area contributed by atoms with Crippen LogP contribution >= 0.6 is 0 Å². The van der Waals surface area contributed by atoms with E-state index in [0.29, 0.717) is 0 Å². The Balaban J connectivity index is 0.00000133. The van der Waals surface area contributed by atoms with Crippen LogP contribution in [0.2, 0.25) is 0 Å². The van der Waals surface area contributed by atoms with Gasteiger partial charge in [-0.2, -0.15) is 4.57 Å². The lowest BCUT2D eigenvalue weighted by molar-refractivity contribution is -0.617. The minimum Gasteiger partial charge on any atom is -1.00 e. The minimum absolute atomic E-state index is 0. The molecule has 0 amide bonds. The third-order valence-electron chi connectivity index (χ3n) is 3.50. The fourth-order valence-corrected chi connectivity index (χ4v) is 2.41. The van der Waals surface area contributed by atoms with Crippen molar-refractivity contribution in [2.75, 3.05) is 11.5 Å². The molecular formula is C15H16ClN3. The van der Waals surface area contributed by atoms with E-state index in [2.05, 4.69) is 22.8 Å². The van der Waals surface area contributed by atoms with Crippen molar-refractivity contribution in [3.05, 3.63) is 42.0 Å². The molecule has 0 spiro atoms. The topological polar surface area (TPSA) is 55.9 Å². The molecule has 1 heterocycles. The van der Waals surface area contributed by atoms with Gasteiger partial charge in [-0.15, -0.1) is 0 Å². The van der Waals surface area contributed by atoms with Crippen molar-refractivity contribution in [3.8, 4) is 0 Å². The molecule has 19 heavy (non-hydrogen) atoms. The van der Waals surface area contributed by atoms with Crippen molar-refractivity contribution in [2.24, 2.45) is 7.05 Å². The largest absolute Gasteiger partial charge is 1.00 e. The molecule has 3 rings (SSSR count). The summed E-state index contributed by atoms with van der Waals surface area (Å²) in [5, 5.41) is 2.38. The van der Waals surface area contributed by atoms with E-state index in [0.717, 1.165) is 28.0 Å². The number of rotatable bonds is 0. The van der Waals surface area contributed by atoms with E-state index in [1.165, 1.54) is 10.8 Å². The molecule has 0 fully saturated rings. The van der Waals surface area contributed by atoms with Crippen LogP contribution in [0, 0.1) is 6.92 Å². The van der Waals surface area contributed by atoms with E-state index in [1.54, 1.807) is 0 Å². The van der Waals surface area contributed by atoms with Gasteiger partial charge in [-0.05, 0) is 36.8 Å². The summed E-state index contributed by atoms with van der Waals surface area (Å²) in [5.41, 5.74) is 16.8. The quantitative estimate of drug-likeness (QED) is 0.323. The summed E-state index contributed by atoms with van der Waals surface area (Å²) in [4.78, 5) is 0.